The van der Waals surface area contributed by atoms with Gasteiger partial charge in [0, 0.05) is 11.3 Å². The molecule has 0 radical (unpaired) electrons. The number of benzene rings is 3. The smallest absolute Gasteiger partial charge is 0.250 e. The minimum Gasteiger partial charge on any atom is -0.497 e. The summed E-state index contributed by atoms with van der Waals surface area (Å²) in [4.78, 5) is 12.4. The van der Waals surface area contributed by atoms with Gasteiger partial charge in [-0.25, -0.2) is 5.43 Å². The summed E-state index contributed by atoms with van der Waals surface area (Å²) in [5.41, 5.74) is 5.20. The standard InChI is InChI=1S/C26H25N5O3S/c1-3-34-23-13-9-19(10-14-23)17-27-28-24(32)18-35-26-30-29-25(20-7-5-4-6-8-20)31(26)21-11-15-22(33-2)16-12-21/h4-17H,3,18H2,1-2H3,(H,28,32)/b27-17-. The molecule has 178 valence electrons. The number of hydrazone groups is 1. The molecule has 1 amide bonds. The summed E-state index contributed by atoms with van der Waals surface area (Å²) in [5, 5.41) is 13.4. The van der Waals surface area contributed by atoms with E-state index >= 15 is 0 Å². The van der Waals surface area contributed by atoms with E-state index in [0.717, 1.165) is 28.3 Å². The Bertz CT molecular complexity index is 1270. The van der Waals surface area contributed by atoms with Gasteiger partial charge in [-0.3, -0.25) is 9.36 Å². The molecule has 0 bridgehead atoms. The highest BCUT2D eigenvalue weighted by Gasteiger charge is 2.17. The third kappa shape index (κ3) is 6.27. The van der Waals surface area contributed by atoms with Crippen LogP contribution in [0.1, 0.15) is 12.5 Å². The molecule has 35 heavy (non-hydrogen) atoms. The zero-order valence-electron chi connectivity index (χ0n) is 19.4. The Labute approximate surface area is 208 Å². The number of carbonyl (C=O) groups is 1. The molecule has 0 fully saturated rings. The van der Waals surface area contributed by atoms with Crippen molar-refractivity contribution in [2.45, 2.75) is 12.1 Å². The number of hydrogen-bond donors (Lipinski definition) is 1. The normalized spacial score (nSPS) is 10.9. The highest BCUT2D eigenvalue weighted by Crippen LogP contribution is 2.28. The van der Waals surface area contributed by atoms with Gasteiger partial charge in [-0.05, 0) is 61.0 Å². The maximum absolute atomic E-state index is 12.4. The van der Waals surface area contributed by atoms with Crippen LogP contribution in [0.4, 0.5) is 0 Å². The van der Waals surface area contributed by atoms with Crippen LogP contribution < -0.4 is 14.9 Å². The number of carbonyl (C=O) groups excluding carboxylic acids is 1. The lowest BCUT2D eigenvalue weighted by Crippen LogP contribution is -2.20. The first-order valence-electron chi connectivity index (χ1n) is 11.0. The van der Waals surface area contributed by atoms with Crippen LogP contribution in [0.5, 0.6) is 11.5 Å². The van der Waals surface area contributed by atoms with Crippen molar-refractivity contribution in [3.05, 3.63) is 84.4 Å². The number of thioether (sulfide) groups is 1. The maximum atomic E-state index is 12.4. The fourth-order valence-electron chi connectivity index (χ4n) is 3.26. The molecular formula is C26H25N5O3S. The van der Waals surface area contributed by atoms with Crippen LogP contribution in [0.3, 0.4) is 0 Å². The van der Waals surface area contributed by atoms with Crippen molar-refractivity contribution < 1.29 is 14.3 Å². The Kier molecular flexibility index (Phi) is 8.13. The van der Waals surface area contributed by atoms with Crippen LogP contribution in [0, 0.1) is 0 Å². The van der Waals surface area contributed by atoms with E-state index in [1.165, 1.54) is 11.8 Å². The van der Waals surface area contributed by atoms with Crippen molar-refractivity contribution in [1.82, 2.24) is 20.2 Å². The topological polar surface area (TPSA) is 90.6 Å². The highest BCUT2D eigenvalue weighted by atomic mass is 32.2. The summed E-state index contributed by atoms with van der Waals surface area (Å²) in [6.07, 6.45) is 1.59. The Hall–Kier alpha value is -4.11. The summed E-state index contributed by atoms with van der Waals surface area (Å²) >= 11 is 1.28. The van der Waals surface area contributed by atoms with E-state index in [9.17, 15) is 4.79 Å². The number of ether oxygens (including phenoxy) is 2. The number of aromatic nitrogens is 3. The summed E-state index contributed by atoms with van der Waals surface area (Å²) in [6.45, 7) is 2.55. The van der Waals surface area contributed by atoms with E-state index in [2.05, 4.69) is 20.7 Å². The molecule has 3 aromatic carbocycles. The molecular weight excluding hydrogens is 462 g/mol. The number of rotatable bonds is 10. The third-order valence-corrected chi connectivity index (χ3v) is 5.85. The molecule has 9 heteroatoms. The zero-order chi connectivity index (χ0) is 24.5. The van der Waals surface area contributed by atoms with Crippen LogP contribution in [0.2, 0.25) is 0 Å². The van der Waals surface area contributed by atoms with Gasteiger partial charge in [-0.2, -0.15) is 5.10 Å². The number of amides is 1. The summed E-state index contributed by atoms with van der Waals surface area (Å²) in [6, 6.07) is 24.9. The molecule has 4 rings (SSSR count). The van der Waals surface area contributed by atoms with Crippen molar-refractivity contribution in [3.8, 4) is 28.6 Å². The maximum Gasteiger partial charge on any atom is 0.250 e. The van der Waals surface area contributed by atoms with Gasteiger partial charge in [0.25, 0.3) is 5.91 Å². The van der Waals surface area contributed by atoms with E-state index < -0.39 is 0 Å². The van der Waals surface area contributed by atoms with E-state index in [-0.39, 0.29) is 11.7 Å². The first-order chi connectivity index (χ1) is 17.2. The Morgan fingerprint density at radius 1 is 1.00 bits per heavy atom. The fourth-order valence-corrected chi connectivity index (χ4v) is 4.00. The molecule has 0 unspecified atom stereocenters. The van der Waals surface area contributed by atoms with Gasteiger partial charge in [-0.15, -0.1) is 10.2 Å². The summed E-state index contributed by atoms with van der Waals surface area (Å²) in [5.74, 6) is 2.11. The van der Waals surface area contributed by atoms with Gasteiger partial charge in [0.2, 0.25) is 0 Å². The molecule has 0 spiro atoms. The third-order valence-electron chi connectivity index (χ3n) is 4.92. The van der Waals surface area contributed by atoms with Crippen LogP contribution in [0.15, 0.2) is 89.1 Å². The van der Waals surface area contributed by atoms with Crippen LogP contribution >= 0.6 is 11.8 Å². The molecule has 1 aromatic heterocycles. The second-order valence-corrected chi connectivity index (χ2v) is 8.23. The predicted octanol–water partition coefficient (Wildman–Crippen LogP) is 4.58. The van der Waals surface area contributed by atoms with Gasteiger partial charge in [0.1, 0.15) is 11.5 Å². The molecule has 1 N–H and O–H groups in total. The lowest BCUT2D eigenvalue weighted by atomic mass is 10.2. The van der Waals surface area contributed by atoms with Gasteiger partial charge in [-0.1, -0.05) is 42.1 Å². The first kappa shape index (κ1) is 24.0. The lowest BCUT2D eigenvalue weighted by molar-refractivity contribution is -0.118. The van der Waals surface area contributed by atoms with E-state index in [0.29, 0.717) is 17.6 Å². The lowest BCUT2D eigenvalue weighted by Gasteiger charge is -2.11. The van der Waals surface area contributed by atoms with E-state index in [4.69, 9.17) is 9.47 Å². The van der Waals surface area contributed by atoms with Crippen LogP contribution in [-0.2, 0) is 4.79 Å². The Balaban J connectivity index is 1.45. The monoisotopic (exact) mass is 487 g/mol. The first-order valence-corrected chi connectivity index (χ1v) is 12.0. The highest BCUT2D eigenvalue weighted by molar-refractivity contribution is 7.99. The summed E-state index contributed by atoms with van der Waals surface area (Å²) < 4.78 is 12.6. The second kappa shape index (κ2) is 11.8. The number of hydrogen-bond acceptors (Lipinski definition) is 7. The molecule has 0 atom stereocenters. The average Bonchev–Trinajstić information content (AvgIpc) is 3.33. The zero-order valence-corrected chi connectivity index (χ0v) is 20.2. The van der Waals surface area contributed by atoms with Crippen molar-refractivity contribution in [1.29, 1.82) is 0 Å². The molecule has 4 aromatic rings. The van der Waals surface area contributed by atoms with Crippen LogP contribution in [-0.4, -0.2) is 46.4 Å². The quantitative estimate of drug-likeness (QED) is 0.200. The minimum atomic E-state index is -0.247. The second-order valence-electron chi connectivity index (χ2n) is 7.29. The molecule has 0 saturated carbocycles. The molecule has 8 nitrogen and oxygen atoms in total. The SMILES string of the molecule is CCOc1ccc(/C=N\NC(=O)CSc2nnc(-c3ccccc3)n2-c2ccc(OC)cc2)cc1. The fraction of sp³-hybridized carbons (Fsp3) is 0.154. The van der Waals surface area contributed by atoms with Gasteiger partial charge in [0.05, 0.1) is 25.7 Å². The number of nitrogens with zero attached hydrogens (tertiary/aromatic N) is 4. The Morgan fingerprint density at radius 2 is 1.71 bits per heavy atom. The molecule has 0 saturated heterocycles. The van der Waals surface area contributed by atoms with Crippen molar-refractivity contribution in [2.75, 3.05) is 19.5 Å². The van der Waals surface area contributed by atoms with E-state index in [1.54, 1.807) is 13.3 Å². The minimum absolute atomic E-state index is 0.129. The van der Waals surface area contributed by atoms with Gasteiger partial charge >= 0.3 is 0 Å². The molecule has 1 heterocycles. The van der Waals surface area contributed by atoms with Gasteiger partial charge < -0.3 is 9.47 Å². The molecule has 0 aliphatic carbocycles. The predicted molar refractivity (Wildman–Crippen MR) is 137 cm³/mol. The molecule has 0 aliphatic heterocycles. The number of methoxy groups -OCH3 is 1. The Morgan fingerprint density at radius 3 is 2.40 bits per heavy atom. The van der Waals surface area contributed by atoms with E-state index in [1.807, 2.05) is 90.4 Å². The van der Waals surface area contributed by atoms with Crippen molar-refractivity contribution in [3.63, 3.8) is 0 Å². The van der Waals surface area contributed by atoms with Gasteiger partial charge in [0.15, 0.2) is 11.0 Å². The number of nitrogens with one attached hydrogen (secondary N) is 1. The van der Waals surface area contributed by atoms with Crippen molar-refractivity contribution in [2.24, 2.45) is 5.10 Å². The van der Waals surface area contributed by atoms with Crippen LogP contribution in [0.25, 0.3) is 17.1 Å². The molecule has 0 aliphatic rings. The summed E-state index contributed by atoms with van der Waals surface area (Å²) in [7, 11) is 1.63. The average molecular weight is 488 g/mol. The van der Waals surface area contributed by atoms with Crippen molar-refractivity contribution >= 4 is 23.9 Å². The largest absolute Gasteiger partial charge is 0.497 e.